The Hall–Kier alpha value is -7.76. The summed E-state index contributed by atoms with van der Waals surface area (Å²) in [6.45, 7) is 27.5. The second kappa shape index (κ2) is 19.7. The number of furan rings is 1. The number of hydrogen-bond acceptors (Lipinski definition) is 4. The van der Waals surface area contributed by atoms with Gasteiger partial charge in [0.05, 0.1) is 5.69 Å². The van der Waals surface area contributed by atoms with E-state index in [0.717, 1.165) is 61.6 Å². The monoisotopic (exact) mass is 1010 g/mol. The van der Waals surface area contributed by atoms with Crippen LogP contribution in [0.25, 0.3) is 33.1 Å². The topological polar surface area (TPSA) is 22.9 Å². The van der Waals surface area contributed by atoms with Gasteiger partial charge in [-0.2, -0.15) is 0 Å². The minimum absolute atomic E-state index is 0.105. The number of para-hydroxylation sites is 2. The van der Waals surface area contributed by atoms with Gasteiger partial charge in [-0.15, -0.1) is 0 Å². The van der Waals surface area contributed by atoms with E-state index in [4.69, 9.17) is 4.42 Å². The highest BCUT2D eigenvalue weighted by Crippen LogP contribution is 2.52. The van der Waals surface area contributed by atoms with Crippen molar-refractivity contribution in [3.63, 3.8) is 0 Å². The molecule has 0 spiro atoms. The molecule has 2 aliphatic heterocycles. The number of nitrogens with zero attached hydrogens (tertiary/aromatic N) is 3. The van der Waals surface area contributed by atoms with Gasteiger partial charge in [0.25, 0.3) is 6.71 Å². The summed E-state index contributed by atoms with van der Waals surface area (Å²) in [6, 6.07) is 69.9. The average Bonchev–Trinajstić information content (AvgIpc) is 3.93. The standard InChI is InChI=1S/C72H72BN3O/c1-43(2)49-20-29-55(30-21-49)74(56-31-22-50(23-32-56)44(3)4)59-41-67-70-68(42-59)76(58-35-26-52(27-36-58)46(7)8)71-63(62-18-15-17-61-60-16-13-14-19-69(60)77-72(61)62)38-54(48(11)12)40-65(71)73(70)64-39-53(47(9)10)28-37-66(64)75(67)57-33-24-51(25-34-57)45(5)6/h13-48H,1-12H3. The maximum absolute atomic E-state index is 7.01. The first-order chi connectivity index (χ1) is 37.1. The Bertz CT molecular complexity index is 3770. The zero-order valence-corrected chi connectivity index (χ0v) is 47.1. The maximum atomic E-state index is 7.01. The van der Waals surface area contributed by atoms with Crippen LogP contribution in [0.4, 0.5) is 51.2 Å². The lowest BCUT2D eigenvalue weighted by Crippen LogP contribution is -2.61. The summed E-state index contributed by atoms with van der Waals surface area (Å²) in [5.41, 5.74) is 26.2. The molecule has 77 heavy (non-hydrogen) atoms. The van der Waals surface area contributed by atoms with Gasteiger partial charge in [0, 0.05) is 67.4 Å². The summed E-state index contributed by atoms with van der Waals surface area (Å²) in [5, 5.41) is 2.26. The fourth-order valence-electron chi connectivity index (χ4n) is 12.2. The Labute approximate surface area is 458 Å². The molecule has 0 atom stereocenters. The highest BCUT2D eigenvalue weighted by Gasteiger charge is 2.46. The minimum atomic E-state index is -0.105. The molecule has 0 saturated carbocycles. The summed E-state index contributed by atoms with van der Waals surface area (Å²) in [4.78, 5) is 7.70. The molecule has 12 rings (SSSR count). The molecule has 384 valence electrons. The fourth-order valence-corrected chi connectivity index (χ4v) is 12.2. The molecule has 0 fully saturated rings. The van der Waals surface area contributed by atoms with Gasteiger partial charge in [0.1, 0.15) is 11.2 Å². The van der Waals surface area contributed by atoms with Crippen molar-refractivity contribution in [2.24, 2.45) is 0 Å². The zero-order chi connectivity index (χ0) is 53.6. The molecule has 0 N–H and O–H groups in total. The van der Waals surface area contributed by atoms with Gasteiger partial charge in [0.2, 0.25) is 0 Å². The van der Waals surface area contributed by atoms with E-state index in [1.165, 1.54) is 72.4 Å². The van der Waals surface area contributed by atoms with Crippen molar-refractivity contribution >= 4 is 96.2 Å². The van der Waals surface area contributed by atoms with Crippen molar-refractivity contribution in [3.8, 4) is 11.1 Å². The summed E-state index contributed by atoms with van der Waals surface area (Å²) in [6.07, 6.45) is 0. The number of fused-ring (bicyclic) bond motifs is 7. The predicted molar refractivity (Wildman–Crippen MR) is 332 cm³/mol. The van der Waals surface area contributed by atoms with E-state index >= 15 is 0 Å². The van der Waals surface area contributed by atoms with E-state index in [1.807, 2.05) is 0 Å². The molecule has 5 heteroatoms. The quantitative estimate of drug-likeness (QED) is 0.114. The van der Waals surface area contributed by atoms with Crippen LogP contribution >= 0.6 is 0 Å². The second-order valence-corrected chi connectivity index (χ2v) is 23.7. The Kier molecular flexibility index (Phi) is 12.8. The third kappa shape index (κ3) is 8.63. The highest BCUT2D eigenvalue weighted by atomic mass is 16.3. The lowest BCUT2D eigenvalue weighted by Gasteiger charge is -2.46. The third-order valence-electron chi connectivity index (χ3n) is 16.7. The SMILES string of the molecule is CC(C)c1ccc(N(c2ccc(C(C)C)cc2)c2cc3c4c(c2)N(c2ccc(C(C)C)cc2)c2c(cc(C(C)C)cc2-c2cccc5c2oc2ccccc25)B4c2cc(C(C)C)ccc2N3c2ccc(C(C)C)cc2)cc1. The van der Waals surface area contributed by atoms with Crippen LogP contribution in [0, 0.1) is 0 Å². The first-order valence-corrected chi connectivity index (χ1v) is 28.4. The maximum Gasteiger partial charge on any atom is 0.252 e. The Morgan fingerprint density at radius 2 is 0.831 bits per heavy atom. The molecule has 0 bridgehead atoms. The van der Waals surface area contributed by atoms with Crippen LogP contribution in [0.1, 0.15) is 152 Å². The van der Waals surface area contributed by atoms with Gasteiger partial charge < -0.3 is 19.1 Å². The van der Waals surface area contributed by atoms with Crippen LogP contribution in [-0.2, 0) is 0 Å². The molecular weight excluding hydrogens is 934 g/mol. The molecular formula is C72H72BN3O. The highest BCUT2D eigenvalue weighted by molar-refractivity contribution is 7.00. The predicted octanol–water partition coefficient (Wildman–Crippen LogP) is 19.5. The lowest BCUT2D eigenvalue weighted by atomic mass is 9.33. The molecule has 2 aliphatic rings. The summed E-state index contributed by atoms with van der Waals surface area (Å²) in [7, 11) is 0. The lowest BCUT2D eigenvalue weighted by molar-refractivity contribution is 0.670. The normalized spacial score (nSPS) is 13.0. The van der Waals surface area contributed by atoms with Gasteiger partial charge in [-0.1, -0.05) is 186 Å². The van der Waals surface area contributed by atoms with Crippen molar-refractivity contribution in [3.05, 3.63) is 215 Å². The van der Waals surface area contributed by atoms with Crippen molar-refractivity contribution in [2.75, 3.05) is 14.7 Å². The molecule has 0 amide bonds. The molecule has 0 radical (unpaired) electrons. The van der Waals surface area contributed by atoms with Gasteiger partial charge in [0.15, 0.2) is 0 Å². The number of benzene rings is 9. The first-order valence-electron chi connectivity index (χ1n) is 28.4. The van der Waals surface area contributed by atoms with Gasteiger partial charge in [-0.3, -0.25) is 0 Å². The number of anilines is 9. The first kappa shape index (κ1) is 50.1. The molecule has 0 aliphatic carbocycles. The van der Waals surface area contributed by atoms with E-state index in [2.05, 4.69) is 280 Å². The van der Waals surface area contributed by atoms with Gasteiger partial charge >= 0.3 is 0 Å². The van der Waals surface area contributed by atoms with E-state index < -0.39 is 0 Å². The third-order valence-corrected chi connectivity index (χ3v) is 16.7. The van der Waals surface area contributed by atoms with E-state index in [9.17, 15) is 0 Å². The van der Waals surface area contributed by atoms with Crippen molar-refractivity contribution in [1.29, 1.82) is 0 Å². The van der Waals surface area contributed by atoms with E-state index in [0.29, 0.717) is 29.6 Å². The van der Waals surface area contributed by atoms with Crippen molar-refractivity contribution in [1.82, 2.24) is 0 Å². The number of hydrogen-bond donors (Lipinski definition) is 0. The summed E-state index contributed by atoms with van der Waals surface area (Å²) in [5.74, 6) is 2.20. The zero-order valence-electron chi connectivity index (χ0n) is 47.1. The summed E-state index contributed by atoms with van der Waals surface area (Å²) >= 11 is 0. The van der Waals surface area contributed by atoms with Crippen LogP contribution in [0.15, 0.2) is 186 Å². The van der Waals surface area contributed by atoms with Crippen LogP contribution in [0.3, 0.4) is 0 Å². The number of rotatable bonds is 12. The molecule has 9 aromatic carbocycles. The van der Waals surface area contributed by atoms with Crippen molar-refractivity contribution in [2.45, 2.75) is 119 Å². The smallest absolute Gasteiger partial charge is 0.252 e. The van der Waals surface area contributed by atoms with Crippen LogP contribution in [-0.4, -0.2) is 6.71 Å². The van der Waals surface area contributed by atoms with E-state index in [1.54, 1.807) is 0 Å². The molecule has 0 saturated heterocycles. The largest absolute Gasteiger partial charge is 0.455 e. The average molecular weight is 1010 g/mol. The minimum Gasteiger partial charge on any atom is -0.455 e. The van der Waals surface area contributed by atoms with Crippen molar-refractivity contribution < 1.29 is 4.42 Å². The van der Waals surface area contributed by atoms with Crippen LogP contribution < -0.4 is 31.1 Å². The molecule has 0 unspecified atom stereocenters. The van der Waals surface area contributed by atoms with E-state index in [-0.39, 0.29) is 12.6 Å². The van der Waals surface area contributed by atoms with Gasteiger partial charge in [-0.25, -0.2) is 0 Å². The Balaban J connectivity index is 1.25. The van der Waals surface area contributed by atoms with Crippen LogP contribution in [0.2, 0.25) is 0 Å². The summed E-state index contributed by atoms with van der Waals surface area (Å²) < 4.78 is 7.01. The molecule has 1 aromatic heterocycles. The fraction of sp³-hybridized carbons (Fsp3) is 0.250. The second-order valence-electron chi connectivity index (χ2n) is 23.7. The molecule has 10 aromatic rings. The molecule has 4 nitrogen and oxygen atoms in total. The molecule has 3 heterocycles. The Morgan fingerprint density at radius 3 is 1.38 bits per heavy atom. The van der Waals surface area contributed by atoms with Gasteiger partial charge in [-0.05, 0) is 164 Å². The van der Waals surface area contributed by atoms with Crippen LogP contribution in [0.5, 0.6) is 0 Å². The Morgan fingerprint density at radius 1 is 0.364 bits per heavy atom.